The molecule has 1 heterocycles. The maximum absolute atomic E-state index is 12.8. The lowest BCUT2D eigenvalue weighted by atomic mass is 9.92. The number of nitrogens with one attached hydrogen (secondary N) is 2. The van der Waals surface area contributed by atoms with E-state index in [9.17, 15) is 29.4 Å². The summed E-state index contributed by atoms with van der Waals surface area (Å²) < 4.78 is 0.953. The van der Waals surface area contributed by atoms with E-state index in [1.165, 1.54) is 0 Å². The van der Waals surface area contributed by atoms with Gasteiger partial charge < -0.3 is 26.0 Å². The summed E-state index contributed by atoms with van der Waals surface area (Å²) in [6.45, 7) is -0.758. The van der Waals surface area contributed by atoms with Gasteiger partial charge in [0, 0.05) is 12.1 Å². The zero-order chi connectivity index (χ0) is 21.1. The number of aromatic hydroxyl groups is 2. The van der Waals surface area contributed by atoms with E-state index >= 15 is 0 Å². The Hall–Kier alpha value is -3.04. The van der Waals surface area contributed by atoms with E-state index in [0.29, 0.717) is 12.8 Å². The Labute approximate surface area is 166 Å². The quantitative estimate of drug-likeness (QED) is 0.468. The van der Waals surface area contributed by atoms with Crippen molar-refractivity contribution in [3.8, 4) is 11.6 Å². The third-order valence-corrected chi connectivity index (χ3v) is 5.59. The fraction of sp³-hybridized carbons (Fsp3) is 0.579. The first-order valence-corrected chi connectivity index (χ1v) is 9.82. The number of pyridine rings is 1. The van der Waals surface area contributed by atoms with Gasteiger partial charge in [0.05, 0.1) is 0 Å². The molecule has 1 aromatic rings. The lowest BCUT2D eigenvalue weighted by Gasteiger charge is -2.30. The van der Waals surface area contributed by atoms with Crippen LogP contribution in [-0.2, 0) is 4.79 Å². The topological polar surface area (TPSA) is 158 Å². The van der Waals surface area contributed by atoms with Crippen LogP contribution in [0, 0.1) is 0 Å². The van der Waals surface area contributed by atoms with Crippen LogP contribution in [0.1, 0.15) is 78.1 Å². The number of hydrogen-bond acceptors (Lipinski definition) is 6. The van der Waals surface area contributed by atoms with E-state index in [1.54, 1.807) is 0 Å². The highest BCUT2D eigenvalue weighted by Crippen LogP contribution is 2.37. The van der Waals surface area contributed by atoms with E-state index in [1.807, 2.05) is 5.32 Å². The molecule has 0 bridgehead atoms. The molecule has 2 fully saturated rings. The van der Waals surface area contributed by atoms with Crippen LogP contribution in [0.5, 0.6) is 11.6 Å². The molecule has 10 nitrogen and oxygen atoms in total. The summed E-state index contributed by atoms with van der Waals surface area (Å²) in [4.78, 5) is 48.7. The lowest BCUT2D eigenvalue weighted by Crippen LogP contribution is -2.41. The first-order valence-electron chi connectivity index (χ1n) is 9.82. The summed E-state index contributed by atoms with van der Waals surface area (Å²) in [6, 6.07) is -0.515. The smallest absolute Gasteiger partial charge is 0.322 e. The molecule has 0 saturated heterocycles. The highest BCUT2D eigenvalue weighted by atomic mass is 16.4. The van der Waals surface area contributed by atoms with E-state index in [2.05, 4.69) is 5.32 Å². The number of amides is 2. The van der Waals surface area contributed by atoms with Gasteiger partial charge in [0.2, 0.25) is 5.88 Å². The van der Waals surface area contributed by atoms with E-state index in [-0.39, 0.29) is 6.04 Å². The maximum atomic E-state index is 12.8. The van der Waals surface area contributed by atoms with Gasteiger partial charge in [-0.1, -0.05) is 19.3 Å². The largest absolute Gasteiger partial charge is 0.506 e. The van der Waals surface area contributed by atoms with Gasteiger partial charge in [0.25, 0.3) is 17.4 Å². The van der Waals surface area contributed by atoms with Crippen molar-refractivity contribution in [2.45, 2.75) is 63.5 Å². The average Bonchev–Trinajstić information content (AvgIpc) is 2.62. The number of carbonyl (C=O) groups is 3. The van der Waals surface area contributed by atoms with Crippen LogP contribution in [0.2, 0.25) is 0 Å². The van der Waals surface area contributed by atoms with Gasteiger partial charge in [-0.05, 0) is 32.1 Å². The Kier molecular flexibility index (Phi) is 6.09. The Morgan fingerprint density at radius 1 is 0.931 bits per heavy atom. The average molecular weight is 407 g/mol. The molecule has 0 atom stereocenters. The molecule has 0 aliphatic heterocycles. The first-order chi connectivity index (χ1) is 13.8. The molecule has 0 unspecified atom stereocenters. The Morgan fingerprint density at radius 2 is 1.59 bits per heavy atom. The predicted octanol–water partition coefficient (Wildman–Crippen LogP) is 0.861. The number of aliphatic carboxylic acids is 1. The Morgan fingerprint density at radius 3 is 2.14 bits per heavy atom. The highest BCUT2D eigenvalue weighted by molar-refractivity contribution is 6.05. The maximum Gasteiger partial charge on any atom is 0.322 e. The van der Waals surface area contributed by atoms with E-state index in [4.69, 9.17) is 5.11 Å². The van der Waals surface area contributed by atoms with Gasteiger partial charge in [-0.25, -0.2) is 0 Å². The third-order valence-electron chi connectivity index (χ3n) is 5.59. The Bertz CT molecular complexity index is 883. The van der Waals surface area contributed by atoms with Gasteiger partial charge >= 0.3 is 5.97 Å². The van der Waals surface area contributed by atoms with Crippen LogP contribution in [0.25, 0.3) is 0 Å². The van der Waals surface area contributed by atoms with Crippen LogP contribution in [0.3, 0.4) is 0 Å². The van der Waals surface area contributed by atoms with Crippen molar-refractivity contribution in [3.05, 3.63) is 21.5 Å². The summed E-state index contributed by atoms with van der Waals surface area (Å²) in [5.41, 5.74) is -2.24. The van der Waals surface area contributed by atoms with Crippen molar-refractivity contribution in [1.82, 2.24) is 15.2 Å². The second kappa shape index (κ2) is 8.54. The highest BCUT2D eigenvalue weighted by Gasteiger charge is 2.34. The number of carbonyl (C=O) groups excluding carboxylic acids is 2. The minimum absolute atomic E-state index is 0.122. The predicted molar refractivity (Wildman–Crippen MR) is 101 cm³/mol. The van der Waals surface area contributed by atoms with Crippen molar-refractivity contribution in [2.75, 3.05) is 6.54 Å². The lowest BCUT2D eigenvalue weighted by molar-refractivity contribution is -0.135. The molecule has 0 aromatic carbocycles. The SMILES string of the molecule is O=C(O)CNC(=O)c1c(O)c(C(=O)NC2CCCCC2)c(O)n(C2CCC2)c1=O. The number of carboxylic acid groups (broad SMARTS) is 1. The van der Waals surface area contributed by atoms with Gasteiger partial charge in [-0.15, -0.1) is 0 Å². The molecule has 2 aliphatic rings. The van der Waals surface area contributed by atoms with E-state index in [0.717, 1.165) is 43.1 Å². The second-order valence-electron chi connectivity index (χ2n) is 7.57. The number of nitrogens with zero attached hydrogens (tertiary/aromatic N) is 1. The summed E-state index contributed by atoms with van der Waals surface area (Å²) in [7, 11) is 0. The molecule has 158 valence electrons. The van der Waals surface area contributed by atoms with Gasteiger partial charge in [-0.2, -0.15) is 0 Å². The molecule has 1 aromatic heterocycles. The van der Waals surface area contributed by atoms with Gasteiger partial charge in [0.1, 0.15) is 17.7 Å². The molecular weight excluding hydrogens is 382 g/mol. The monoisotopic (exact) mass is 407 g/mol. The summed E-state index contributed by atoms with van der Waals surface area (Å²) in [5, 5.41) is 34.7. The number of rotatable bonds is 6. The molecular formula is C19H25N3O7. The molecule has 10 heteroatoms. The van der Waals surface area contributed by atoms with Crippen molar-refractivity contribution >= 4 is 17.8 Å². The Balaban J connectivity index is 2.02. The van der Waals surface area contributed by atoms with Crippen molar-refractivity contribution in [1.29, 1.82) is 0 Å². The van der Waals surface area contributed by atoms with Gasteiger partial charge in [0.15, 0.2) is 5.75 Å². The van der Waals surface area contributed by atoms with Gasteiger partial charge in [-0.3, -0.25) is 23.7 Å². The minimum Gasteiger partial charge on any atom is -0.506 e. The first kappa shape index (κ1) is 20.7. The summed E-state index contributed by atoms with van der Waals surface area (Å²) >= 11 is 0. The third kappa shape index (κ3) is 4.20. The number of carboxylic acids is 1. The second-order valence-corrected chi connectivity index (χ2v) is 7.57. The van der Waals surface area contributed by atoms with Crippen LogP contribution in [0.15, 0.2) is 4.79 Å². The van der Waals surface area contributed by atoms with Crippen LogP contribution in [0.4, 0.5) is 0 Å². The molecule has 2 aliphatic carbocycles. The molecule has 2 amide bonds. The minimum atomic E-state index is -1.33. The fourth-order valence-corrected chi connectivity index (χ4v) is 3.82. The molecule has 2 saturated carbocycles. The normalized spacial score (nSPS) is 17.4. The standard InChI is InChI=1S/C19H25N3O7/c23-12(24)9-20-16(26)13-15(25)14(17(27)21-10-5-2-1-3-6-10)19(29)22(18(13)28)11-7-4-8-11/h10-11,25,29H,1-9H2,(H,20,26)(H,21,27)(H,23,24). The summed E-state index contributed by atoms with van der Waals surface area (Å²) in [6.07, 6.45) is 6.49. The summed E-state index contributed by atoms with van der Waals surface area (Å²) in [5.74, 6) is -4.84. The zero-order valence-electron chi connectivity index (χ0n) is 15.9. The van der Waals surface area contributed by atoms with Crippen molar-refractivity contribution < 1.29 is 29.7 Å². The molecule has 5 N–H and O–H groups in total. The molecule has 29 heavy (non-hydrogen) atoms. The van der Waals surface area contributed by atoms with Crippen LogP contribution >= 0.6 is 0 Å². The molecule has 0 radical (unpaired) electrons. The molecule has 3 rings (SSSR count). The van der Waals surface area contributed by atoms with E-state index < -0.39 is 58.7 Å². The fourth-order valence-electron chi connectivity index (χ4n) is 3.82. The molecule has 0 spiro atoms. The zero-order valence-corrected chi connectivity index (χ0v) is 15.9. The van der Waals surface area contributed by atoms with Crippen molar-refractivity contribution in [3.63, 3.8) is 0 Å². The number of aromatic nitrogens is 1. The van der Waals surface area contributed by atoms with Crippen molar-refractivity contribution in [2.24, 2.45) is 0 Å². The van der Waals surface area contributed by atoms with Crippen LogP contribution in [-0.4, -0.2) is 50.3 Å². The number of hydrogen-bond donors (Lipinski definition) is 5. The van der Waals surface area contributed by atoms with Crippen LogP contribution < -0.4 is 16.2 Å².